The van der Waals surface area contributed by atoms with Crippen LogP contribution in [0.5, 0.6) is 0 Å². The molecule has 2 aromatic heterocycles. The van der Waals surface area contributed by atoms with Crippen molar-refractivity contribution in [1.29, 1.82) is 0 Å². The maximum Gasteiger partial charge on any atom is 0.134 e. The summed E-state index contributed by atoms with van der Waals surface area (Å²) in [4.78, 5) is 14.2. The van der Waals surface area contributed by atoms with Gasteiger partial charge in [0.25, 0.3) is 0 Å². The van der Waals surface area contributed by atoms with E-state index < -0.39 is 0 Å². The first kappa shape index (κ1) is 13.7. The summed E-state index contributed by atoms with van der Waals surface area (Å²) in [6.07, 6.45) is 3.47. The fourth-order valence-corrected chi connectivity index (χ4v) is 2.56. The van der Waals surface area contributed by atoms with E-state index in [0.717, 1.165) is 28.8 Å². The second-order valence-corrected chi connectivity index (χ2v) is 5.67. The first-order valence-electron chi connectivity index (χ1n) is 6.36. The lowest BCUT2D eigenvalue weighted by Gasteiger charge is -2.15. The van der Waals surface area contributed by atoms with Gasteiger partial charge < -0.3 is 10.6 Å². The molecule has 0 amide bonds. The van der Waals surface area contributed by atoms with Crippen LogP contribution in [0.2, 0.25) is 0 Å². The summed E-state index contributed by atoms with van der Waals surface area (Å²) in [5.74, 6) is 1.73. The fraction of sp³-hybridized carbons (Fsp3) is 0.462. The van der Waals surface area contributed by atoms with Crippen LogP contribution >= 0.6 is 11.3 Å². The van der Waals surface area contributed by atoms with Gasteiger partial charge in [0.1, 0.15) is 23.0 Å². The molecule has 0 spiro atoms. The largest absolute Gasteiger partial charge is 0.370 e. The predicted molar refractivity (Wildman–Crippen MR) is 79.8 cm³/mol. The highest BCUT2D eigenvalue weighted by molar-refractivity contribution is 7.11. The molecule has 19 heavy (non-hydrogen) atoms. The molecular formula is C13H19N5S. The second-order valence-electron chi connectivity index (χ2n) is 4.40. The molecule has 6 heteroatoms. The minimum Gasteiger partial charge on any atom is -0.370 e. The van der Waals surface area contributed by atoms with Gasteiger partial charge in [-0.25, -0.2) is 15.0 Å². The first-order chi connectivity index (χ1) is 9.11. The molecule has 0 bridgehead atoms. The monoisotopic (exact) mass is 277 g/mol. The van der Waals surface area contributed by atoms with Crippen LogP contribution < -0.4 is 10.6 Å². The average Bonchev–Trinajstić information content (AvgIpc) is 2.81. The van der Waals surface area contributed by atoms with Crippen LogP contribution in [-0.2, 0) is 0 Å². The minimum atomic E-state index is 0.141. The van der Waals surface area contributed by atoms with Gasteiger partial charge in [0.05, 0.1) is 6.04 Å². The van der Waals surface area contributed by atoms with Gasteiger partial charge >= 0.3 is 0 Å². The summed E-state index contributed by atoms with van der Waals surface area (Å²) < 4.78 is 0. The third kappa shape index (κ3) is 3.20. The Morgan fingerprint density at radius 1 is 1.21 bits per heavy atom. The zero-order valence-corrected chi connectivity index (χ0v) is 12.5. The number of rotatable bonds is 5. The summed E-state index contributed by atoms with van der Waals surface area (Å²) in [6, 6.07) is 0.141. The Hall–Kier alpha value is -1.69. The SMILES string of the molecule is CCNc1ncnc(NC(C)c2ncc(C)s2)c1C. The van der Waals surface area contributed by atoms with Crippen molar-refractivity contribution in [3.05, 3.63) is 28.0 Å². The molecule has 0 fully saturated rings. The maximum absolute atomic E-state index is 4.40. The molecule has 1 unspecified atom stereocenters. The van der Waals surface area contributed by atoms with Crippen LogP contribution in [0.15, 0.2) is 12.5 Å². The van der Waals surface area contributed by atoms with Crippen LogP contribution in [-0.4, -0.2) is 21.5 Å². The van der Waals surface area contributed by atoms with E-state index in [0.29, 0.717) is 0 Å². The molecule has 0 saturated heterocycles. The summed E-state index contributed by atoms with van der Waals surface area (Å²) in [6.45, 7) is 9.06. The highest BCUT2D eigenvalue weighted by atomic mass is 32.1. The molecule has 102 valence electrons. The fourth-order valence-electron chi connectivity index (χ4n) is 1.78. The highest BCUT2D eigenvalue weighted by Gasteiger charge is 2.13. The Morgan fingerprint density at radius 3 is 2.58 bits per heavy atom. The molecule has 1 atom stereocenters. The van der Waals surface area contributed by atoms with Crippen molar-refractivity contribution >= 4 is 23.0 Å². The van der Waals surface area contributed by atoms with Crippen molar-refractivity contribution in [1.82, 2.24) is 15.0 Å². The number of aromatic nitrogens is 3. The summed E-state index contributed by atoms with van der Waals surface area (Å²) in [5, 5.41) is 7.69. The molecule has 2 heterocycles. The molecule has 0 saturated carbocycles. The van der Waals surface area contributed by atoms with Gasteiger partial charge in [0, 0.05) is 23.2 Å². The van der Waals surface area contributed by atoms with E-state index in [-0.39, 0.29) is 6.04 Å². The van der Waals surface area contributed by atoms with Crippen molar-refractivity contribution in [2.75, 3.05) is 17.2 Å². The number of thiazole rings is 1. The van der Waals surface area contributed by atoms with Gasteiger partial charge in [-0.1, -0.05) is 0 Å². The molecular weight excluding hydrogens is 258 g/mol. The summed E-state index contributed by atoms with van der Waals surface area (Å²) in [7, 11) is 0. The smallest absolute Gasteiger partial charge is 0.134 e. The van der Waals surface area contributed by atoms with Gasteiger partial charge in [-0.3, -0.25) is 0 Å². The summed E-state index contributed by atoms with van der Waals surface area (Å²) >= 11 is 1.70. The van der Waals surface area contributed by atoms with Gasteiger partial charge in [0.2, 0.25) is 0 Å². The van der Waals surface area contributed by atoms with Gasteiger partial charge in [-0.2, -0.15) is 0 Å². The number of anilines is 2. The molecule has 0 aliphatic carbocycles. The van der Waals surface area contributed by atoms with Crippen LogP contribution in [0.3, 0.4) is 0 Å². The second kappa shape index (κ2) is 5.97. The van der Waals surface area contributed by atoms with E-state index in [9.17, 15) is 0 Å². The Kier molecular flexibility index (Phi) is 4.31. The quantitative estimate of drug-likeness (QED) is 0.879. The van der Waals surface area contributed by atoms with E-state index in [2.05, 4.69) is 46.4 Å². The Labute approximate surface area is 117 Å². The molecule has 0 radical (unpaired) electrons. The van der Waals surface area contributed by atoms with Crippen LogP contribution in [0.1, 0.15) is 35.3 Å². The number of nitrogens with one attached hydrogen (secondary N) is 2. The third-order valence-electron chi connectivity index (χ3n) is 2.79. The van der Waals surface area contributed by atoms with Crippen molar-refractivity contribution in [2.24, 2.45) is 0 Å². The van der Waals surface area contributed by atoms with Gasteiger partial charge in [0.15, 0.2) is 0 Å². The summed E-state index contributed by atoms with van der Waals surface area (Å²) in [5.41, 5.74) is 1.03. The van der Waals surface area contributed by atoms with Crippen molar-refractivity contribution in [3.63, 3.8) is 0 Å². The van der Waals surface area contributed by atoms with Gasteiger partial charge in [-0.05, 0) is 27.7 Å². The van der Waals surface area contributed by atoms with Crippen molar-refractivity contribution < 1.29 is 0 Å². The molecule has 5 nitrogen and oxygen atoms in total. The van der Waals surface area contributed by atoms with E-state index in [1.54, 1.807) is 17.7 Å². The van der Waals surface area contributed by atoms with Crippen molar-refractivity contribution in [3.8, 4) is 0 Å². The van der Waals surface area contributed by atoms with Crippen LogP contribution in [0, 0.1) is 13.8 Å². The van der Waals surface area contributed by atoms with Crippen LogP contribution in [0.25, 0.3) is 0 Å². The topological polar surface area (TPSA) is 62.7 Å². The van der Waals surface area contributed by atoms with E-state index in [4.69, 9.17) is 0 Å². The Bertz CT molecular complexity index is 552. The molecule has 2 rings (SSSR count). The molecule has 2 N–H and O–H groups in total. The Balaban J connectivity index is 2.16. The van der Waals surface area contributed by atoms with Crippen LogP contribution in [0.4, 0.5) is 11.6 Å². The Morgan fingerprint density at radius 2 is 1.95 bits per heavy atom. The average molecular weight is 277 g/mol. The standard InChI is InChI=1S/C13H19N5S/c1-5-14-11-9(3)12(17-7-16-11)18-10(4)13-15-6-8(2)19-13/h6-7,10H,5H2,1-4H3,(H2,14,16,17,18). The van der Waals surface area contributed by atoms with E-state index in [1.807, 2.05) is 13.1 Å². The van der Waals surface area contributed by atoms with E-state index >= 15 is 0 Å². The first-order valence-corrected chi connectivity index (χ1v) is 7.17. The molecule has 0 aromatic carbocycles. The maximum atomic E-state index is 4.40. The lowest BCUT2D eigenvalue weighted by atomic mass is 10.2. The number of hydrogen-bond acceptors (Lipinski definition) is 6. The number of nitrogens with zero attached hydrogens (tertiary/aromatic N) is 3. The number of hydrogen-bond donors (Lipinski definition) is 2. The zero-order valence-electron chi connectivity index (χ0n) is 11.7. The van der Waals surface area contributed by atoms with Crippen molar-refractivity contribution in [2.45, 2.75) is 33.7 Å². The molecule has 0 aliphatic rings. The van der Waals surface area contributed by atoms with E-state index in [1.165, 1.54) is 4.88 Å². The van der Waals surface area contributed by atoms with Gasteiger partial charge in [-0.15, -0.1) is 11.3 Å². The molecule has 2 aromatic rings. The highest BCUT2D eigenvalue weighted by Crippen LogP contribution is 2.25. The lowest BCUT2D eigenvalue weighted by molar-refractivity contribution is 0.855. The molecule has 0 aliphatic heterocycles. The predicted octanol–water partition coefficient (Wildman–Crippen LogP) is 3.15. The minimum absolute atomic E-state index is 0.141. The third-order valence-corrected chi connectivity index (χ3v) is 3.89. The number of aryl methyl sites for hydroxylation is 1. The zero-order chi connectivity index (χ0) is 13.8. The normalized spacial score (nSPS) is 12.2. The lowest BCUT2D eigenvalue weighted by Crippen LogP contribution is -2.11.